The first-order valence-corrected chi connectivity index (χ1v) is 4.43. The summed E-state index contributed by atoms with van der Waals surface area (Å²) < 4.78 is 6.77. The van der Waals surface area contributed by atoms with E-state index < -0.39 is 0 Å². The third-order valence-electron chi connectivity index (χ3n) is 1.91. The van der Waals surface area contributed by atoms with Crippen molar-refractivity contribution >= 4 is 12.4 Å². The lowest BCUT2D eigenvalue weighted by Crippen LogP contribution is -2.18. The normalized spacial score (nSPS) is 9.93. The van der Waals surface area contributed by atoms with Gasteiger partial charge >= 0.3 is 0 Å². The average Bonchev–Trinajstić information content (AvgIpc) is 2.39. The van der Waals surface area contributed by atoms with E-state index in [2.05, 4.69) is 10.4 Å². The molecule has 1 aromatic heterocycles. The minimum atomic E-state index is 0. The lowest BCUT2D eigenvalue weighted by atomic mass is 10.2. The number of halogens is 1. The largest absolute Gasteiger partial charge is 0.383 e. The number of rotatable bonds is 5. The average molecular weight is 220 g/mol. The van der Waals surface area contributed by atoms with Crippen molar-refractivity contribution in [1.82, 2.24) is 15.1 Å². The summed E-state index contributed by atoms with van der Waals surface area (Å²) in [6.07, 6.45) is 2.04. The first-order chi connectivity index (χ1) is 6.24. The van der Waals surface area contributed by atoms with Crippen LogP contribution in [0.4, 0.5) is 0 Å². The summed E-state index contributed by atoms with van der Waals surface area (Å²) in [4.78, 5) is 0. The number of nitrogens with one attached hydrogen (secondary N) is 1. The van der Waals surface area contributed by atoms with Crippen LogP contribution in [0.15, 0.2) is 6.20 Å². The van der Waals surface area contributed by atoms with Gasteiger partial charge in [0.2, 0.25) is 0 Å². The predicted molar refractivity (Wildman–Crippen MR) is 58.8 cm³/mol. The van der Waals surface area contributed by atoms with Crippen molar-refractivity contribution in [2.45, 2.75) is 13.5 Å². The van der Waals surface area contributed by atoms with E-state index in [0.29, 0.717) is 0 Å². The van der Waals surface area contributed by atoms with Crippen LogP contribution in [0.2, 0.25) is 0 Å². The maximum Gasteiger partial charge on any atom is 0.0638 e. The zero-order valence-corrected chi connectivity index (χ0v) is 9.73. The van der Waals surface area contributed by atoms with E-state index in [9.17, 15) is 0 Å². The molecule has 0 atom stereocenters. The van der Waals surface area contributed by atoms with Crippen molar-refractivity contribution in [3.63, 3.8) is 0 Å². The van der Waals surface area contributed by atoms with Crippen LogP contribution >= 0.6 is 12.4 Å². The van der Waals surface area contributed by atoms with E-state index in [-0.39, 0.29) is 12.4 Å². The van der Waals surface area contributed by atoms with Gasteiger partial charge in [-0.2, -0.15) is 5.10 Å². The van der Waals surface area contributed by atoms with E-state index >= 15 is 0 Å². The van der Waals surface area contributed by atoms with Crippen molar-refractivity contribution < 1.29 is 4.74 Å². The van der Waals surface area contributed by atoms with Gasteiger partial charge in [0.25, 0.3) is 0 Å². The summed E-state index contributed by atoms with van der Waals surface area (Å²) in [5.74, 6) is 0. The summed E-state index contributed by atoms with van der Waals surface area (Å²) >= 11 is 0. The zero-order chi connectivity index (χ0) is 9.68. The highest BCUT2D eigenvalue weighted by Gasteiger charge is 2.00. The van der Waals surface area contributed by atoms with Crippen molar-refractivity contribution in [2.24, 2.45) is 7.05 Å². The molecule has 0 saturated carbocycles. The van der Waals surface area contributed by atoms with Crippen molar-refractivity contribution in [3.05, 3.63) is 17.5 Å². The summed E-state index contributed by atoms with van der Waals surface area (Å²) in [6.45, 7) is 4.51. The topological polar surface area (TPSA) is 39.1 Å². The maximum absolute atomic E-state index is 4.93. The molecular weight excluding hydrogens is 202 g/mol. The molecule has 0 aromatic carbocycles. The lowest BCUT2D eigenvalue weighted by molar-refractivity contribution is 0.199. The highest BCUT2D eigenvalue weighted by atomic mass is 35.5. The summed E-state index contributed by atoms with van der Waals surface area (Å²) in [5, 5.41) is 7.53. The van der Waals surface area contributed by atoms with Crippen LogP contribution in [0.3, 0.4) is 0 Å². The van der Waals surface area contributed by atoms with E-state index in [0.717, 1.165) is 25.4 Å². The highest BCUT2D eigenvalue weighted by Crippen LogP contribution is 2.02. The minimum absolute atomic E-state index is 0. The van der Waals surface area contributed by atoms with Gasteiger partial charge < -0.3 is 10.1 Å². The zero-order valence-electron chi connectivity index (χ0n) is 8.91. The summed E-state index contributed by atoms with van der Waals surface area (Å²) in [6, 6.07) is 0. The Morgan fingerprint density at radius 3 is 2.79 bits per heavy atom. The Kier molecular flexibility index (Phi) is 6.53. The first-order valence-electron chi connectivity index (χ1n) is 4.43. The molecule has 82 valence electrons. The Bertz CT molecular complexity index is 263. The van der Waals surface area contributed by atoms with Crippen LogP contribution in [0.1, 0.15) is 11.3 Å². The summed E-state index contributed by atoms with van der Waals surface area (Å²) in [5.41, 5.74) is 2.34. The van der Waals surface area contributed by atoms with Gasteiger partial charge in [0.15, 0.2) is 0 Å². The second-order valence-electron chi connectivity index (χ2n) is 3.08. The SMILES string of the molecule is COCCNCc1cn(C)nc1C.Cl. The second-order valence-corrected chi connectivity index (χ2v) is 3.08. The van der Waals surface area contributed by atoms with Gasteiger partial charge in [0, 0.05) is 39.0 Å². The number of hydrogen-bond donors (Lipinski definition) is 1. The smallest absolute Gasteiger partial charge is 0.0638 e. The second kappa shape index (κ2) is 6.81. The molecule has 0 spiro atoms. The van der Waals surface area contributed by atoms with E-state index in [1.165, 1.54) is 5.56 Å². The minimum Gasteiger partial charge on any atom is -0.383 e. The molecular formula is C9H18ClN3O. The standard InChI is InChI=1S/C9H17N3O.ClH/c1-8-9(7-12(2)11-8)6-10-4-5-13-3;/h7,10H,4-6H2,1-3H3;1H. The molecule has 14 heavy (non-hydrogen) atoms. The number of ether oxygens (including phenoxy) is 1. The number of methoxy groups -OCH3 is 1. The van der Waals surface area contributed by atoms with Gasteiger partial charge in [-0.25, -0.2) is 0 Å². The molecule has 0 amide bonds. The van der Waals surface area contributed by atoms with E-state index in [1.807, 2.05) is 24.9 Å². The molecule has 0 aliphatic heterocycles. The fourth-order valence-electron chi connectivity index (χ4n) is 1.22. The number of hydrogen-bond acceptors (Lipinski definition) is 3. The lowest BCUT2D eigenvalue weighted by Gasteiger charge is -2.01. The molecule has 0 radical (unpaired) electrons. The molecule has 1 rings (SSSR count). The molecule has 1 heterocycles. The van der Waals surface area contributed by atoms with Gasteiger partial charge in [0.1, 0.15) is 0 Å². The quantitative estimate of drug-likeness (QED) is 0.748. The molecule has 0 aliphatic carbocycles. The van der Waals surface area contributed by atoms with Crippen LogP contribution in [0.25, 0.3) is 0 Å². The van der Waals surface area contributed by atoms with Crippen molar-refractivity contribution in [1.29, 1.82) is 0 Å². The van der Waals surface area contributed by atoms with Crippen molar-refractivity contribution in [2.75, 3.05) is 20.3 Å². The number of aromatic nitrogens is 2. The van der Waals surface area contributed by atoms with Gasteiger partial charge in [-0.3, -0.25) is 4.68 Å². The molecule has 1 aromatic rings. The van der Waals surface area contributed by atoms with Crippen molar-refractivity contribution in [3.8, 4) is 0 Å². The molecule has 0 bridgehead atoms. The third kappa shape index (κ3) is 4.09. The third-order valence-corrected chi connectivity index (χ3v) is 1.91. The Morgan fingerprint density at radius 1 is 1.57 bits per heavy atom. The van der Waals surface area contributed by atoms with Gasteiger partial charge in [-0.05, 0) is 6.92 Å². The number of aryl methyl sites for hydroxylation is 2. The Balaban J connectivity index is 0.00000169. The van der Waals surface area contributed by atoms with Gasteiger partial charge in [0.05, 0.1) is 12.3 Å². The van der Waals surface area contributed by atoms with Crippen LogP contribution in [-0.4, -0.2) is 30.0 Å². The fraction of sp³-hybridized carbons (Fsp3) is 0.667. The molecule has 4 nitrogen and oxygen atoms in total. The van der Waals surface area contributed by atoms with Crippen LogP contribution in [0.5, 0.6) is 0 Å². The monoisotopic (exact) mass is 219 g/mol. The molecule has 0 saturated heterocycles. The van der Waals surface area contributed by atoms with E-state index in [1.54, 1.807) is 7.11 Å². The molecule has 0 unspecified atom stereocenters. The molecule has 0 fully saturated rings. The highest BCUT2D eigenvalue weighted by molar-refractivity contribution is 5.85. The van der Waals surface area contributed by atoms with Crippen LogP contribution in [0, 0.1) is 6.92 Å². The van der Waals surface area contributed by atoms with Gasteiger partial charge in [-0.1, -0.05) is 0 Å². The number of nitrogens with zero attached hydrogens (tertiary/aromatic N) is 2. The Morgan fingerprint density at radius 2 is 2.29 bits per heavy atom. The first kappa shape index (κ1) is 13.4. The Hall–Kier alpha value is -0.580. The Labute approximate surface area is 91.0 Å². The van der Waals surface area contributed by atoms with Crippen LogP contribution < -0.4 is 5.32 Å². The predicted octanol–water partition coefficient (Wildman–Crippen LogP) is 0.886. The molecule has 0 aliphatic rings. The maximum atomic E-state index is 4.93. The molecule has 1 N–H and O–H groups in total. The van der Waals surface area contributed by atoms with Gasteiger partial charge in [-0.15, -0.1) is 12.4 Å². The van der Waals surface area contributed by atoms with E-state index in [4.69, 9.17) is 4.74 Å². The fourth-order valence-corrected chi connectivity index (χ4v) is 1.22. The molecule has 5 heteroatoms. The van der Waals surface area contributed by atoms with Crippen LogP contribution in [-0.2, 0) is 18.3 Å². The summed E-state index contributed by atoms with van der Waals surface area (Å²) in [7, 11) is 3.64.